The summed E-state index contributed by atoms with van der Waals surface area (Å²) in [5, 5.41) is 12.7. The summed E-state index contributed by atoms with van der Waals surface area (Å²) in [6, 6.07) is 0. The number of aromatic carboxylic acids is 1. The smallest absolute Gasteiger partial charge is 0.355 e. The van der Waals surface area contributed by atoms with Crippen LogP contribution in [0, 0.1) is 6.92 Å². The summed E-state index contributed by atoms with van der Waals surface area (Å²) < 4.78 is 5.35. The molecule has 7 heteroatoms. The van der Waals surface area contributed by atoms with Crippen molar-refractivity contribution in [3.05, 3.63) is 22.5 Å². The molecule has 0 saturated heterocycles. The number of carboxylic acids is 1. The standard InChI is InChI=1S/C18H31N3O4/c1-7-21(8-2)10-9-19-11-13-14(16(22)23)12(3)15(20-13)17(24)25-18(4,5)6/h19-20H,7-11H2,1-6H3,(H,22,23). The summed E-state index contributed by atoms with van der Waals surface area (Å²) in [6.45, 7) is 15.1. The molecule has 0 aromatic carbocycles. The molecule has 0 amide bonds. The number of aromatic amines is 1. The normalized spacial score (nSPS) is 11.8. The van der Waals surface area contributed by atoms with Gasteiger partial charge in [0.05, 0.1) is 5.56 Å². The third-order valence-electron chi connectivity index (χ3n) is 3.95. The van der Waals surface area contributed by atoms with Crippen molar-refractivity contribution in [1.82, 2.24) is 15.2 Å². The Balaban J connectivity index is 2.87. The summed E-state index contributed by atoms with van der Waals surface area (Å²) in [7, 11) is 0. The number of carbonyl (C=O) groups is 2. The molecule has 3 N–H and O–H groups in total. The molecule has 0 saturated carbocycles. The molecule has 1 heterocycles. The number of hydrogen-bond acceptors (Lipinski definition) is 5. The fourth-order valence-electron chi connectivity index (χ4n) is 2.60. The van der Waals surface area contributed by atoms with E-state index in [4.69, 9.17) is 4.74 Å². The Hall–Kier alpha value is -1.86. The van der Waals surface area contributed by atoms with Crippen molar-refractivity contribution in [1.29, 1.82) is 0 Å². The minimum atomic E-state index is -1.05. The van der Waals surface area contributed by atoms with Crippen LogP contribution in [0.3, 0.4) is 0 Å². The number of hydrogen-bond donors (Lipinski definition) is 3. The number of carbonyl (C=O) groups excluding carboxylic acids is 1. The zero-order chi connectivity index (χ0) is 19.2. The van der Waals surface area contributed by atoms with Gasteiger partial charge in [-0.2, -0.15) is 0 Å². The Labute approximate surface area is 149 Å². The Morgan fingerprint density at radius 2 is 1.84 bits per heavy atom. The van der Waals surface area contributed by atoms with Crippen LogP contribution in [0.1, 0.15) is 66.7 Å². The zero-order valence-corrected chi connectivity index (χ0v) is 16.2. The van der Waals surface area contributed by atoms with Gasteiger partial charge in [0.25, 0.3) is 0 Å². The first-order valence-electron chi connectivity index (χ1n) is 8.71. The highest BCUT2D eigenvalue weighted by atomic mass is 16.6. The van der Waals surface area contributed by atoms with Crippen molar-refractivity contribution >= 4 is 11.9 Å². The van der Waals surface area contributed by atoms with E-state index in [1.165, 1.54) is 0 Å². The summed E-state index contributed by atoms with van der Waals surface area (Å²) in [5.41, 5.74) is 0.594. The lowest BCUT2D eigenvalue weighted by Crippen LogP contribution is -2.32. The number of rotatable bonds is 9. The van der Waals surface area contributed by atoms with Gasteiger partial charge in [0.2, 0.25) is 0 Å². The van der Waals surface area contributed by atoms with Crippen molar-refractivity contribution in [2.75, 3.05) is 26.2 Å². The van der Waals surface area contributed by atoms with E-state index >= 15 is 0 Å². The van der Waals surface area contributed by atoms with Gasteiger partial charge < -0.3 is 25.0 Å². The van der Waals surface area contributed by atoms with Gasteiger partial charge in [0, 0.05) is 25.3 Å². The first-order chi connectivity index (χ1) is 11.6. The molecule has 7 nitrogen and oxygen atoms in total. The average molecular weight is 353 g/mol. The van der Waals surface area contributed by atoms with Gasteiger partial charge in [-0.15, -0.1) is 0 Å². The first-order valence-corrected chi connectivity index (χ1v) is 8.71. The molecular formula is C18H31N3O4. The van der Waals surface area contributed by atoms with Gasteiger partial charge in [-0.1, -0.05) is 13.8 Å². The molecule has 1 aromatic heterocycles. The van der Waals surface area contributed by atoms with Crippen molar-refractivity contribution in [3.8, 4) is 0 Å². The minimum absolute atomic E-state index is 0.135. The molecule has 0 radical (unpaired) electrons. The predicted molar refractivity (Wildman–Crippen MR) is 97.2 cm³/mol. The van der Waals surface area contributed by atoms with E-state index in [2.05, 4.69) is 29.0 Å². The fourth-order valence-corrected chi connectivity index (χ4v) is 2.60. The Morgan fingerprint density at radius 1 is 1.24 bits per heavy atom. The Bertz CT molecular complexity index is 598. The van der Waals surface area contributed by atoms with Crippen molar-refractivity contribution in [2.45, 2.75) is 53.7 Å². The van der Waals surface area contributed by atoms with Gasteiger partial charge in [-0.05, 0) is 46.3 Å². The van der Waals surface area contributed by atoms with Crippen LogP contribution in [0.2, 0.25) is 0 Å². The minimum Gasteiger partial charge on any atom is -0.478 e. The van der Waals surface area contributed by atoms with Crippen LogP contribution in [0.15, 0.2) is 0 Å². The van der Waals surface area contributed by atoms with Crippen LogP contribution < -0.4 is 5.32 Å². The van der Waals surface area contributed by atoms with E-state index in [1.54, 1.807) is 27.7 Å². The first kappa shape index (κ1) is 21.2. The number of likely N-dealkylation sites (N-methyl/N-ethyl adjacent to an activating group) is 1. The van der Waals surface area contributed by atoms with E-state index in [9.17, 15) is 14.7 Å². The topological polar surface area (TPSA) is 94.7 Å². The van der Waals surface area contributed by atoms with Crippen LogP contribution in [0.5, 0.6) is 0 Å². The lowest BCUT2D eigenvalue weighted by Gasteiger charge is -2.19. The SMILES string of the molecule is CCN(CC)CCNCc1[nH]c(C(=O)OC(C)(C)C)c(C)c1C(=O)O. The number of nitrogens with one attached hydrogen (secondary N) is 2. The lowest BCUT2D eigenvalue weighted by molar-refractivity contribution is 0.00625. The predicted octanol–water partition coefficient (Wildman–Crippen LogP) is 2.41. The molecule has 0 bridgehead atoms. The molecule has 0 aliphatic rings. The maximum atomic E-state index is 12.3. The second-order valence-corrected chi connectivity index (χ2v) is 6.99. The number of ether oxygens (including phenoxy) is 1. The van der Waals surface area contributed by atoms with E-state index in [-0.39, 0.29) is 11.3 Å². The lowest BCUT2D eigenvalue weighted by atomic mass is 10.1. The maximum Gasteiger partial charge on any atom is 0.355 e. The number of aromatic nitrogens is 1. The summed E-state index contributed by atoms with van der Waals surface area (Å²) in [6.07, 6.45) is 0. The molecular weight excluding hydrogens is 322 g/mol. The van der Waals surface area contributed by atoms with Crippen LogP contribution >= 0.6 is 0 Å². The third-order valence-corrected chi connectivity index (χ3v) is 3.95. The molecule has 0 fully saturated rings. The fraction of sp³-hybridized carbons (Fsp3) is 0.667. The summed E-state index contributed by atoms with van der Waals surface area (Å²) in [4.78, 5) is 29.1. The molecule has 0 aliphatic heterocycles. The molecule has 25 heavy (non-hydrogen) atoms. The Kier molecular flexibility index (Phi) is 7.63. The quantitative estimate of drug-likeness (QED) is 0.466. The van der Waals surface area contributed by atoms with Crippen LogP contribution in [-0.4, -0.2) is 58.7 Å². The number of H-pyrrole nitrogens is 1. The largest absolute Gasteiger partial charge is 0.478 e. The number of esters is 1. The van der Waals surface area contributed by atoms with Crippen molar-refractivity contribution < 1.29 is 19.4 Å². The van der Waals surface area contributed by atoms with Gasteiger partial charge in [-0.3, -0.25) is 0 Å². The van der Waals surface area contributed by atoms with Crippen LogP contribution in [0.4, 0.5) is 0 Å². The van der Waals surface area contributed by atoms with Gasteiger partial charge in [0.1, 0.15) is 11.3 Å². The second-order valence-electron chi connectivity index (χ2n) is 6.99. The number of nitrogens with zero attached hydrogens (tertiary/aromatic N) is 1. The van der Waals surface area contributed by atoms with Crippen molar-refractivity contribution in [3.63, 3.8) is 0 Å². The van der Waals surface area contributed by atoms with Crippen molar-refractivity contribution in [2.24, 2.45) is 0 Å². The molecule has 1 rings (SSSR count). The molecule has 142 valence electrons. The second kappa shape index (κ2) is 9.01. The van der Waals surface area contributed by atoms with E-state index in [0.29, 0.717) is 17.8 Å². The Morgan fingerprint density at radius 3 is 2.32 bits per heavy atom. The molecule has 1 aromatic rings. The molecule has 0 atom stereocenters. The highest BCUT2D eigenvalue weighted by Gasteiger charge is 2.26. The summed E-state index contributed by atoms with van der Waals surface area (Å²) in [5.74, 6) is -1.59. The molecule has 0 spiro atoms. The highest BCUT2D eigenvalue weighted by Crippen LogP contribution is 2.21. The van der Waals surface area contributed by atoms with Crippen LogP contribution in [-0.2, 0) is 11.3 Å². The summed E-state index contributed by atoms with van der Waals surface area (Å²) >= 11 is 0. The van der Waals surface area contributed by atoms with Gasteiger partial charge in [-0.25, -0.2) is 9.59 Å². The van der Waals surface area contributed by atoms with E-state index in [0.717, 1.165) is 26.2 Å². The maximum absolute atomic E-state index is 12.3. The number of carboxylic acid groups (broad SMARTS) is 1. The third kappa shape index (κ3) is 6.17. The zero-order valence-electron chi connectivity index (χ0n) is 16.2. The van der Waals surface area contributed by atoms with E-state index in [1.807, 2.05) is 0 Å². The van der Waals surface area contributed by atoms with Crippen LogP contribution in [0.25, 0.3) is 0 Å². The average Bonchev–Trinajstić information content (AvgIpc) is 2.82. The van der Waals surface area contributed by atoms with E-state index < -0.39 is 17.5 Å². The molecule has 0 aliphatic carbocycles. The highest BCUT2D eigenvalue weighted by molar-refractivity contribution is 5.97. The monoisotopic (exact) mass is 353 g/mol. The molecule has 0 unspecified atom stereocenters. The van der Waals surface area contributed by atoms with Gasteiger partial charge >= 0.3 is 11.9 Å². The van der Waals surface area contributed by atoms with Gasteiger partial charge in [0.15, 0.2) is 0 Å².